The van der Waals surface area contributed by atoms with Crippen LogP contribution < -0.4 is 5.32 Å². The van der Waals surface area contributed by atoms with E-state index in [4.69, 9.17) is 0 Å². The second-order valence-corrected chi connectivity index (χ2v) is 11.9. The fourth-order valence-corrected chi connectivity index (χ4v) is 5.97. The topological polar surface area (TPSA) is 151 Å². The van der Waals surface area contributed by atoms with Crippen LogP contribution in [0.3, 0.4) is 0 Å². The van der Waals surface area contributed by atoms with Crippen molar-refractivity contribution in [2.75, 3.05) is 18.5 Å². The zero-order chi connectivity index (χ0) is 35.4. The fraction of sp³-hybridized carbons (Fsp3) is 0.312. The minimum Gasteiger partial charge on any atom is -0.336 e. The maximum atomic E-state index is 15.4. The lowest BCUT2D eigenvalue weighted by Crippen LogP contribution is -2.45. The minimum absolute atomic E-state index is 0.248. The summed E-state index contributed by atoms with van der Waals surface area (Å²) in [7, 11) is 0. The SMILES string of the molecule is CC(=O)c1cn(CC(=O)N2C[C@@](F)(CF)CC2C(=O)Nc2nc(C(F)(F)F)ccc2C#N)c2c(C)nc(-c3cnc4cc(C)nn4c3)cc12. The first kappa shape index (κ1) is 33.1. The number of anilines is 1. The molecule has 5 aromatic rings. The predicted molar refractivity (Wildman–Crippen MR) is 164 cm³/mol. The van der Waals surface area contributed by atoms with Crippen molar-refractivity contribution in [2.45, 2.75) is 51.6 Å². The molecule has 0 aliphatic carbocycles. The molecule has 1 aliphatic rings. The van der Waals surface area contributed by atoms with E-state index in [1.54, 1.807) is 42.0 Å². The Labute approximate surface area is 274 Å². The number of hydrogen-bond acceptors (Lipinski definition) is 8. The number of amides is 2. The molecule has 0 spiro atoms. The normalized spacial score (nSPS) is 17.9. The summed E-state index contributed by atoms with van der Waals surface area (Å²) in [5.41, 5.74) is -0.910. The molecule has 2 atom stereocenters. The van der Waals surface area contributed by atoms with Gasteiger partial charge in [-0.2, -0.15) is 23.5 Å². The first-order chi connectivity index (χ1) is 23.1. The van der Waals surface area contributed by atoms with Crippen molar-refractivity contribution in [2.24, 2.45) is 0 Å². The number of nitriles is 1. The van der Waals surface area contributed by atoms with Crippen molar-refractivity contribution in [3.05, 3.63) is 71.1 Å². The Morgan fingerprint density at radius 1 is 1.14 bits per heavy atom. The van der Waals surface area contributed by atoms with E-state index in [1.165, 1.54) is 17.7 Å². The van der Waals surface area contributed by atoms with Gasteiger partial charge in [0.05, 0.1) is 34.7 Å². The molecule has 1 fully saturated rings. The third kappa shape index (κ3) is 6.17. The third-order valence-corrected chi connectivity index (χ3v) is 8.24. The molecule has 12 nitrogen and oxygen atoms in total. The van der Waals surface area contributed by atoms with E-state index in [9.17, 15) is 37.2 Å². The van der Waals surface area contributed by atoms with E-state index < -0.39 is 73.0 Å². The lowest BCUT2D eigenvalue weighted by Gasteiger charge is -2.24. The molecule has 0 saturated carbocycles. The lowest BCUT2D eigenvalue weighted by atomic mass is 10.0. The molecule has 1 N–H and O–H groups in total. The highest BCUT2D eigenvalue weighted by molar-refractivity contribution is 6.08. The second-order valence-electron chi connectivity index (χ2n) is 11.9. The first-order valence-electron chi connectivity index (χ1n) is 14.8. The molecular weight excluding hydrogens is 653 g/mol. The number of aromatic nitrogens is 6. The van der Waals surface area contributed by atoms with E-state index in [0.717, 1.165) is 16.7 Å². The summed E-state index contributed by atoms with van der Waals surface area (Å²) in [4.78, 5) is 53.0. The summed E-state index contributed by atoms with van der Waals surface area (Å²) in [6, 6.07) is 4.79. The van der Waals surface area contributed by atoms with Gasteiger partial charge in [0.1, 0.15) is 31.0 Å². The van der Waals surface area contributed by atoms with Crippen LogP contribution in [-0.2, 0) is 22.3 Å². The molecule has 1 saturated heterocycles. The Kier molecular flexibility index (Phi) is 8.13. The molecule has 0 aromatic carbocycles. The highest BCUT2D eigenvalue weighted by Crippen LogP contribution is 2.35. The number of nitrogens with zero attached hydrogens (tertiary/aromatic N) is 8. The number of rotatable bonds is 7. The van der Waals surface area contributed by atoms with E-state index in [0.29, 0.717) is 39.6 Å². The number of alkyl halides is 5. The number of carbonyl (C=O) groups is 3. The smallest absolute Gasteiger partial charge is 0.336 e. The number of nitrogens with one attached hydrogen (secondary N) is 1. The quantitative estimate of drug-likeness (QED) is 0.191. The zero-order valence-electron chi connectivity index (χ0n) is 26.1. The van der Waals surface area contributed by atoms with Gasteiger partial charge in [0.2, 0.25) is 11.8 Å². The van der Waals surface area contributed by atoms with Crippen LogP contribution in [0.4, 0.5) is 27.8 Å². The Morgan fingerprint density at radius 2 is 1.90 bits per heavy atom. The van der Waals surface area contributed by atoms with Crippen LogP contribution in [0.25, 0.3) is 27.8 Å². The molecule has 1 aliphatic heterocycles. The van der Waals surface area contributed by atoms with Crippen LogP contribution in [0.1, 0.15) is 46.3 Å². The molecule has 0 bridgehead atoms. The number of carbonyl (C=O) groups excluding carboxylic acids is 3. The van der Waals surface area contributed by atoms with Crippen LogP contribution >= 0.6 is 0 Å². The average Bonchev–Trinajstić information content (AvgIpc) is 3.72. The van der Waals surface area contributed by atoms with Crippen molar-refractivity contribution < 1.29 is 36.3 Å². The van der Waals surface area contributed by atoms with E-state index in [-0.39, 0.29) is 11.3 Å². The summed E-state index contributed by atoms with van der Waals surface area (Å²) in [5, 5.41) is 16.3. The average molecular weight is 680 g/mol. The number of ketones is 1. The van der Waals surface area contributed by atoms with Crippen LogP contribution in [-0.4, -0.2) is 76.6 Å². The molecule has 6 rings (SSSR count). The molecule has 1 unspecified atom stereocenters. The predicted octanol–water partition coefficient (Wildman–Crippen LogP) is 4.77. The number of halogens is 5. The summed E-state index contributed by atoms with van der Waals surface area (Å²) < 4.78 is 72.1. The number of hydrogen-bond donors (Lipinski definition) is 1. The van der Waals surface area contributed by atoms with Gasteiger partial charge in [-0.05, 0) is 39.0 Å². The molecule has 6 heterocycles. The van der Waals surface area contributed by atoms with Crippen LogP contribution in [0.15, 0.2) is 42.9 Å². The van der Waals surface area contributed by atoms with E-state index >= 15 is 4.39 Å². The molecule has 5 aromatic heterocycles. The summed E-state index contributed by atoms with van der Waals surface area (Å²) in [6.07, 6.45) is -0.931. The molecule has 17 heteroatoms. The van der Waals surface area contributed by atoms with Gasteiger partial charge in [-0.25, -0.2) is 23.3 Å². The standard InChI is InChI=1S/C32H26F5N9O3/c1-16-6-26-39-10-20(11-46(26)43-16)23-7-21-22(18(3)47)12-44(28(21)17(2)40-23)13-27(48)45-15-31(34,14-33)8-24(45)30(49)42-29-19(9-38)4-5-25(41-29)32(35,36)37/h4-7,10-12,24H,8,13-15H2,1-3H3,(H,41,42,49)/t24?,31-/m0/s1. The zero-order valence-corrected chi connectivity index (χ0v) is 26.1. The maximum Gasteiger partial charge on any atom is 0.433 e. The van der Waals surface area contributed by atoms with Crippen molar-refractivity contribution in [3.63, 3.8) is 0 Å². The van der Waals surface area contributed by atoms with Crippen LogP contribution in [0.2, 0.25) is 0 Å². The summed E-state index contributed by atoms with van der Waals surface area (Å²) in [6.45, 7) is 1.93. The van der Waals surface area contributed by atoms with Gasteiger partial charge in [0.15, 0.2) is 22.9 Å². The summed E-state index contributed by atoms with van der Waals surface area (Å²) >= 11 is 0. The van der Waals surface area contributed by atoms with Gasteiger partial charge in [0.25, 0.3) is 0 Å². The monoisotopic (exact) mass is 679 g/mol. The van der Waals surface area contributed by atoms with Crippen molar-refractivity contribution in [3.8, 4) is 17.3 Å². The molecule has 2 amide bonds. The van der Waals surface area contributed by atoms with E-state index in [2.05, 4.69) is 25.4 Å². The van der Waals surface area contributed by atoms with Gasteiger partial charge >= 0.3 is 6.18 Å². The fourth-order valence-electron chi connectivity index (χ4n) is 5.97. The Bertz CT molecular complexity index is 2220. The Morgan fingerprint density at radius 3 is 2.57 bits per heavy atom. The van der Waals surface area contributed by atoms with Gasteiger partial charge in [-0.1, -0.05) is 0 Å². The largest absolute Gasteiger partial charge is 0.433 e. The number of fused-ring (bicyclic) bond motifs is 2. The summed E-state index contributed by atoms with van der Waals surface area (Å²) in [5.74, 6) is -3.08. The molecule has 0 radical (unpaired) electrons. The highest BCUT2D eigenvalue weighted by atomic mass is 19.4. The Balaban J connectivity index is 1.33. The maximum absolute atomic E-state index is 15.4. The second kappa shape index (κ2) is 12.0. The van der Waals surface area contributed by atoms with Crippen LogP contribution in [0.5, 0.6) is 0 Å². The van der Waals surface area contributed by atoms with Crippen molar-refractivity contribution >= 4 is 40.0 Å². The molecular formula is C32H26F5N9O3. The lowest BCUT2D eigenvalue weighted by molar-refractivity contribution is -0.141. The number of pyridine rings is 2. The number of likely N-dealkylation sites (tertiary alicyclic amines) is 1. The van der Waals surface area contributed by atoms with Gasteiger partial charge in [0, 0.05) is 47.6 Å². The van der Waals surface area contributed by atoms with Gasteiger partial charge in [-0.15, -0.1) is 0 Å². The number of aryl methyl sites for hydroxylation is 2. The molecule has 252 valence electrons. The minimum atomic E-state index is -4.90. The van der Waals surface area contributed by atoms with Crippen molar-refractivity contribution in [1.29, 1.82) is 5.26 Å². The van der Waals surface area contributed by atoms with E-state index in [1.807, 2.05) is 6.92 Å². The number of Topliss-reactive ketones (excluding diaryl/α,β-unsaturated/α-hetero) is 1. The third-order valence-electron chi connectivity index (χ3n) is 8.24. The first-order valence-corrected chi connectivity index (χ1v) is 14.8. The molecule has 49 heavy (non-hydrogen) atoms. The van der Waals surface area contributed by atoms with Crippen molar-refractivity contribution in [1.82, 2.24) is 34.0 Å². The highest BCUT2D eigenvalue weighted by Gasteiger charge is 2.50. The Hall–Kier alpha value is -5.79. The van der Waals surface area contributed by atoms with Gasteiger partial charge < -0.3 is 14.8 Å². The van der Waals surface area contributed by atoms with Gasteiger partial charge in [-0.3, -0.25) is 19.4 Å². The van der Waals surface area contributed by atoms with Crippen LogP contribution in [0, 0.1) is 25.2 Å².